The van der Waals surface area contributed by atoms with Crippen LogP contribution in [0.4, 0.5) is 0 Å². The number of ketones is 1. The molecule has 1 aliphatic heterocycles. The Hall–Kier alpha value is -1.82. The summed E-state index contributed by atoms with van der Waals surface area (Å²) in [5.74, 6) is 0.846. The largest absolute Gasteiger partial charge is 0.493 e. The number of rotatable bonds is 2. The Balaban J connectivity index is 1.99. The molecule has 5 nitrogen and oxygen atoms in total. The van der Waals surface area contributed by atoms with Gasteiger partial charge in [0.2, 0.25) is 5.91 Å². The van der Waals surface area contributed by atoms with Crippen molar-refractivity contribution in [3.63, 3.8) is 0 Å². The van der Waals surface area contributed by atoms with Crippen LogP contribution in [0, 0.1) is 5.92 Å². The first-order chi connectivity index (χ1) is 11.5. The maximum absolute atomic E-state index is 11.9. The van der Waals surface area contributed by atoms with Gasteiger partial charge in [-0.2, -0.15) is 0 Å². The summed E-state index contributed by atoms with van der Waals surface area (Å²) in [7, 11) is 1.60. The molecule has 2 N–H and O–H groups in total. The van der Waals surface area contributed by atoms with E-state index in [1.54, 1.807) is 13.2 Å². The molecule has 3 aliphatic rings. The maximum Gasteiger partial charge on any atom is 0.220 e. The molecule has 3 unspecified atom stereocenters. The van der Waals surface area contributed by atoms with Crippen LogP contribution in [0.1, 0.15) is 30.4 Å². The number of benzene rings is 1. The van der Waals surface area contributed by atoms with E-state index in [2.05, 4.69) is 15.9 Å². The van der Waals surface area contributed by atoms with Crippen molar-refractivity contribution in [1.29, 1.82) is 0 Å². The van der Waals surface area contributed by atoms with E-state index in [4.69, 9.17) is 15.2 Å². The average Bonchev–Trinajstić information content (AvgIpc) is 2.75. The van der Waals surface area contributed by atoms with E-state index in [-0.39, 0.29) is 23.7 Å². The van der Waals surface area contributed by atoms with Crippen LogP contribution >= 0.6 is 15.9 Å². The van der Waals surface area contributed by atoms with Gasteiger partial charge in [0.25, 0.3) is 0 Å². The summed E-state index contributed by atoms with van der Waals surface area (Å²) in [6.45, 7) is 0. The topological polar surface area (TPSA) is 78.6 Å². The Morgan fingerprint density at radius 2 is 2.29 bits per heavy atom. The van der Waals surface area contributed by atoms with E-state index < -0.39 is 5.41 Å². The normalized spacial score (nSPS) is 30.2. The van der Waals surface area contributed by atoms with Gasteiger partial charge < -0.3 is 15.2 Å². The number of nitrogens with two attached hydrogens (primary N) is 1. The molecule has 1 spiro atoms. The Morgan fingerprint density at radius 1 is 1.50 bits per heavy atom. The van der Waals surface area contributed by atoms with Gasteiger partial charge in [-0.25, -0.2) is 0 Å². The first kappa shape index (κ1) is 15.7. The van der Waals surface area contributed by atoms with Crippen molar-refractivity contribution in [2.24, 2.45) is 11.7 Å². The summed E-state index contributed by atoms with van der Waals surface area (Å²) < 4.78 is 12.6. The Morgan fingerprint density at radius 3 is 3.00 bits per heavy atom. The summed E-state index contributed by atoms with van der Waals surface area (Å²) in [6, 6.07) is 1.90. The number of hydrogen-bond donors (Lipinski definition) is 1. The predicted molar refractivity (Wildman–Crippen MR) is 91.2 cm³/mol. The van der Waals surface area contributed by atoms with Gasteiger partial charge >= 0.3 is 0 Å². The van der Waals surface area contributed by atoms with Crippen molar-refractivity contribution in [1.82, 2.24) is 0 Å². The molecular weight excluding hydrogens is 374 g/mol. The van der Waals surface area contributed by atoms with Gasteiger partial charge in [-0.05, 0) is 37.0 Å². The number of methoxy groups -OCH3 is 1. The van der Waals surface area contributed by atoms with Gasteiger partial charge in [-0.15, -0.1) is 0 Å². The molecule has 0 bridgehead atoms. The summed E-state index contributed by atoms with van der Waals surface area (Å²) in [5.41, 5.74) is 7.31. The lowest BCUT2D eigenvalue weighted by molar-refractivity contribution is -0.122. The third-order valence-electron chi connectivity index (χ3n) is 5.50. The van der Waals surface area contributed by atoms with Crippen molar-refractivity contribution in [2.45, 2.75) is 37.2 Å². The van der Waals surface area contributed by atoms with Crippen LogP contribution in [-0.2, 0) is 21.4 Å². The SMILES string of the molecule is COc1cc(Br)c2c3c1OC1CC(=O)C=CC31CC(C(N)=O)CC2. The summed E-state index contributed by atoms with van der Waals surface area (Å²) in [4.78, 5) is 23.9. The molecule has 3 atom stereocenters. The van der Waals surface area contributed by atoms with Crippen LogP contribution in [0.2, 0.25) is 0 Å². The molecule has 0 saturated carbocycles. The number of ether oxygens (including phenoxy) is 2. The molecule has 1 heterocycles. The van der Waals surface area contributed by atoms with Crippen LogP contribution in [0.3, 0.4) is 0 Å². The van der Waals surface area contributed by atoms with E-state index in [0.717, 1.165) is 22.0 Å². The van der Waals surface area contributed by atoms with E-state index in [9.17, 15) is 9.59 Å². The van der Waals surface area contributed by atoms with E-state index in [1.165, 1.54) is 0 Å². The highest BCUT2D eigenvalue weighted by Gasteiger charge is 2.54. The van der Waals surface area contributed by atoms with Crippen molar-refractivity contribution in [2.75, 3.05) is 7.11 Å². The molecule has 1 aromatic rings. The fourth-order valence-electron chi connectivity index (χ4n) is 4.34. The molecule has 0 radical (unpaired) electrons. The Labute approximate surface area is 148 Å². The molecule has 1 aromatic carbocycles. The van der Waals surface area contributed by atoms with Crippen molar-refractivity contribution >= 4 is 27.6 Å². The number of hydrogen-bond acceptors (Lipinski definition) is 4. The van der Waals surface area contributed by atoms with Crippen LogP contribution < -0.4 is 15.2 Å². The molecule has 4 rings (SSSR count). The molecule has 0 aromatic heterocycles. The minimum atomic E-state index is -0.494. The summed E-state index contributed by atoms with van der Waals surface area (Å²) >= 11 is 3.64. The average molecular weight is 392 g/mol. The van der Waals surface area contributed by atoms with E-state index in [0.29, 0.717) is 30.8 Å². The standard InChI is InChI=1S/C18H18BrNO4/c1-23-13-7-12(19)11-3-2-9(17(20)22)8-18-5-4-10(21)6-14(18)24-16(13)15(11)18/h4-5,7,9,14H,2-3,6,8H2,1H3,(H2,20,22). The second kappa shape index (κ2) is 5.34. The zero-order valence-electron chi connectivity index (χ0n) is 13.3. The van der Waals surface area contributed by atoms with Crippen molar-refractivity contribution in [3.8, 4) is 11.5 Å². The third-order valence-corrected chi connectivity index (χ3v) is 6.21. The summed E-state index contributed by atoms with van der Waals surface area (Å²) in [5, 5.41) is 0. The highest BCUT2D eigenvalue weighted by atomic mass is 79.9. The monoisotopic (exact) mass is 391 g/mol. The smallest absolute Gasteiger partial charge is 0.220 e. The Kier molecular flexibility index (Phi) is 3.49. The lowest BCUT2D eigenvalue weighted by atomic mass is 9.67. The van der Waals surface area contributed by atoms with E-state index >= 15 is 0 Å². The van der Waals surface area contributed by atoms with Gasteiger partial charge in [-0.3, -0.25) is 9.59 Å². The predicted octanol–water partition coefficient (Wildman–Crippen LogP) is 2.42. The minimum Gasteiger partial charge on any atom is -0.493 e. The number of halogens is 1. The van der Waals surface area contributed by atoms with Crippen molar-refractivity contribution < 1.29 is 19.1 Å². The highest BCUT2D eigenvalue weighted by molar-refractivity contribution is 9.10. The van der Waals surface area contributed by atoms with Crippen LogP contribution in [0.15, 0.2) is 22.7 Å². The number of primary amides is 1. The Bertz CT molecular complexity index is 788. The first-order valence-electron chi connectivity index (χ1n) is 8.04. The van der Waals surface area contributed by atoms with Crippen LogP contribution in [-0.4, -0.2) is 24.9 Å². The van der Waals surface area contributed by atoms with Crippen LogP contribution in [0.25, 0.3) is 0 Å². The lowest BCUT2D eigenvalue weighted by Gasteiger charge is -2.35. The van der Waals surface area contributed by atoms with Gasteiger partial charge in [0.15, 0.2) is 17.3 Å². The fraction of sp³-hybridized carbons (Fsp3) is 0.444. The number of amides is 1. The second-order valence-corrected chi connectivity index (χ2v) is 7.59. The zero-order valence-corrected chi connectivity index (χ0v) is 14.9. The minimum absolute atomic E-state index is 0.0397. The van der Waals surface area contributed by atoms with E-state index in [1.807, 2.05) is 12.1 Å². The number of carbonyl (C=O) groups excluding carboxylic acids is 2. The quantitative estimate of drug-likeness (QED) is 0.839. The number of allylic oxidation sites excluding steroid dienone is 1. The van der Waals surface area contributed by atoms with Gasteiger partial charge in [-0.1, -0.05) is 22.0 Å². The first-order valence-corrected chi connectivity index (χ1v) is 8.83. The highest BCUT2D eigenvalue weighted by Crippen LogP contribution is 2.58. The van der Waals surface area contributed by atoms with Crippen LogP contribution in [0.5, 0.6) is 11.5 Å². The second-order valence-electron chi connectivity index (χ2n) is 6.74. The zero-order chi connectivity index (χ0) is 17.1. The molecule has 2 aliphatic carbocycles. The molecule has 6 heteroatoms. The van der Waals surface area contributed by atoms with Crippen molar-refractivity contribution in [3.05, 3.63) is 33.8 Å². The molecule has 24 heavy (non-hydrogen) atoms. The number of carbonyl (C=O) groups is 2. The van der Waals surface area contributed by atoms with Gasteiger partial charge in [0, 0.05) is 22.4 Å². The molecule has 0 saturated heterocycles. The van der Waals surface area contributed by atoms with Gasteiger partial charge in [0.1, 0.15) is 6.10 Å². The molecule has 1 amide bonds. The lowest BCUT2D eigenvalue weighted by Crippen LogP contribution is -2.43. The molecular formula is C18H18BrNO4. The fourth-order valence-corrected chi connectivity index (χ4v) is 4.95. The summed E-state index contributed by atoms with van der Waals surface area (Å²) in [6.07, 6.45) is 5.53. The molecule has 126 valence electrons. The molecule has 0 fully saturated rings. The maximum atomic E-state index is 11.9. The third kappa shape index (κ3) is 2.05. The van der Waals surface area contributed by atoms with Gasteiger partial charge in [0.05, 0.1) is 12.5 Å².